The van der Waals surface area contributed by atoms with Gasteiger partial charge in [-0.1, -0.05) is 20.8 Å². The van der Waals surface area contributed by atoms with Gasteiger partial charge >= 0.3 is 0 Å². The Balaban J connectivity index is 2.06. The minimum absolute atomic E-state index is 0.00324. The molecule has 2 N–H and O–H groups in total. The lowest BCUT2D eigenvalue weighted by molar-refractivity contribution is -0.119. The first-order valence-electron chi connectivity index (χ1n) is 6.49. The molecular weight excluding hydrogens is 272 g/mol. The van der Waals surface area contributed by atoms with E-state index < -0.39 is 6.04 Å². The molecule has 2 heterocycles. The molecule has 20 heavy (non-hydrogen) atoms. The molecule has 0 radical (unpaired) electrons. The number of rotatable bonds is 4. The van der Waals surface area contributed by atoms with E-state index in [-0.39, 0.29) is 17.6 Å². The van der Waals surface area contributed by atoms with Crippen molar-refractivity contribution in [2.24, 2.45) is 12.8 Å². The quantitative estimate of drug-likeness (QED) is 0.935. The minimum atomic E-state index is -0.634. The maximum Gasteiger partial charge on any atom is 0.160 e. The number of aryl methyl sites for hydroxylation is 1. The Hall–Kier alpha value is -1.53. The lowest BCUT2D eigenvalue weighted by Crippen LogP contribution is -2.23. The predicted molar refractivity (Wildman–Crippen MR) is 79.7 cm³/mol. The van der Waals surface area contributed by atoms with Gasteiger partial charge in [-0.25, -0.2) is 4.98 Å². The fourth-order valence-corrected chi connectivity index (χ4v) is 2.81. The van der Waals surface area contributed by atoms with Crippen molar-refractivity contribution < 1.29 is 4.79 Å². The second-order valence-corrected chi connectivity index (χ2v) is 6.89. The van der Waals surface area contributed by atoms with Gasteiger partial charge in [0.2, 0.25) is 0 Å². The fraction of sp³-hybridized carbons (Fsp3) is 0.500. The average Bonchev–Trinajstić information content (AvgIpc) is 2.96. The Morgan fingerprint density at radius 2 is 2.20 bits per heavy atom. The van der Waals surface area contributed by atoms with Gasteiger partial charge in [-0.05, 0) is 0 Å². The van der Waals surface area contributed by atoms with Gasteiger partial charge in [-0.15, -0.1) is 11.3 Å². The van der Waals surface area contributed by atoms with Gasteiger partial charge in [-0.2, -0.15) is 5.10 Å². The molecule has 1 atom stereocenters. The molecule has 2 rings (SSSR count). The minimum Gasteiger partial charge on any atom is -0.318 e. The maximum absolute atomic E-state index is 12.2. The molecule has 6 heteroatoms. The van der Waals surface area contributed by atoms with Crippen LogP contribution >= 0.6 is 11.3 Å². The zero-order valence-electron chi connectivity index (χ0n) is 12.3. The first-order valence-corrected chi connectivity index (χ1v) is 7.37. The monoisotopic (exact) mass is 292 g/mol. The summed E-state index contributed by atoms with van der Waals surface area (Å²) in [6.07, 6.45) is 3.67. The fourth-order valence-electron chi connectivity index (χ4n) is 1.78. The van der Waals surface area contributed by atoms with Crippen LogP contribution in [0.2, 0.25) is 0 Å². The van der Waals surface area contributed by atoms with Crippen LogP contribution in [0.1, 0.15) is 43.1 Å². The van der Waals surface area contributed by atoms with Crippen LogP contribution in [-0.2, 0) is 23.7 Å². The summed E-state index contributed by atoms with van der Waals surface area (Å²) in [6, 6.07) is -0.634. The summed E-state index contributed by atoms with van der Waals surface area (Å²) in [5, 5.41) is 6.87. The number of carbonyl (C=O) groups excluding carboxylic acids is 1. The van der Waals surface area contributed by atoms with Crippen LogP contribution < -0.4 is 5.73 Å². The van der Waals surface area contributed by atoms with E-state index in [9.17, 15) is 4.79 Å². The summed E-state index contributed by atoms with van der Waals surface area (Å²) in [5.74, 6) is -0.0344. The molecule has 0 spiro atoms. The summed E-state index contributed by atoms with van der Waals surface area (Å²) < 4.78 is 1.64. The molecule has 2 aromatic rings. The molecule has 0 saturated heterocycles. The number of hydrogen-bond donors (Lipinski definition) is 1. The Bertz CT molecular complexity index is 609. The second-order valence-electron chi connectivity index (χ2n) is 5.94. The van der Waals surface area contributed by atoms with Crippen LogP contribution in [0.15, 0.2) is 17.8 Å². The van der Waals surface area contributed by atoms with Gasteiger partial charge in [-0.3, -0.25) is 9.48 Å². The maximum atomic E-state index is 12.2. The van der Waals surface area contributed by atoms with Gasteiger partial charge in [0.1, 0.15) is 5.01 Å². The number of nitrogens with two attached hydrogens (primary N) is 1. The van der Waals surface area contributed by atoms with E-state index in [0.717, 1.165) is 16.3 Å². The van der Waals surface area contributed by atoms with Crippen molar-refractivity contribution in [2.75, 3.05) is 0 Å². The molecule has 0 bridgehead atoms. The molecule has 1 unspecified atom stereocenters. The lowest BCUT2D eigenvalue weighted by atomic mass is 9.93. The topological polar surface area (TPSA) is 73.8 Å². The highest BCUT2D eigenvalue weighted by Gasteiger charge is 2.21. The summed E-state index contributed by atoms with van der Waals surface area (Å²) in [6.45, 7) is 6.32. The number of carbonyl (C=O) groups is 1. The highest BCUT2D eigenvalue weighted by atomic mass is 32.1. The molecule has 5 nitrogen and oxygen atoms in total. The number of aromatic nitrogens is 3. The largest absolute Gasteiger partial charge is 0.318 e. The average molecular weight is 292 g/mol. The molecule has 0 aliphatic rings. The molecule has 0 aliphatic heterocycles. The summed E-state index contributed by atoms with van der Waals surface area (Å²) in [5.41, 5.74) is 7.72. The van der Waals surface area contributed by atoms with Crippen molar-refractivity contribution in [1.82, 2.24) is 14.8 Å². The van der Waals surface area contributed by atoms with Crippen LogP contribution in [0.4, 0.5) is 0 Å². The first kappa shape index (κ1) is 14.9. The highest BCUT2D eigenvalue weighted by molar-refractivity contribution is 7.09. The van der Waals surface area contributed by atoms with Crippen molar-refractivity contribution in [1.29, 1.82) is 0 Å². The zero-order chi connectivity index (χ0) is 14.9. The second kappa shape index (κ2) is 5.46. The molecule has 2 aromatic heterocycles. The van der Waals surface area contributed by atoms with E-state index in [1.165, 1.54) is 11.3 Å². The molecule has 0 aliphatic carbocycles. The van der Waals surface area contributed by atoms with E-state index in [4.69, 9.17) is 5.73 Å². The number of Topliss-reactive ketones (excluding diaryl/α,β-unsaturated/α-hetero) is 1. The third-order valence-corrected chi connectivity index (χ3v) is 3.93. The van der Waals surface area contributed by atoms with Crippen LogP contribution in [-0.4, -0.2) is 20.5 Å². The molecular formula is C14H20N4OS. The van der Waals surface area contributed by atoms with E-state index >= 15 is 0 Å². The third kappa shape index (κ3) is 3.32. The smallest absolute Gasteiger partial charge is 0.160 e. The standard InChI is InChI=1S/C14H20N4OS/c1-14(2,3)11-8-20-12(17-11)5-10(19)13(15)9-6-16-18(4)7-9/h6-8,13H,5,15H2,1-4H3. The third-order valence-electron chi connectivity index (χ3n) is 3.08. The Kier molecular flexibility index (Phi) is 4.06. The first-order chi connectivity index (χ1) is 9.27. The van der Waals surface area contributed by atoms with Crippen molar-refractivity contribution in [3.63, 3.8) is 0 Å². The van der Waals surface area contributed by atoms with E-state index in [1.807, 2.05) is 5.38 Å². The molecule has 108 valence electrons. The van der Waals surface area contributed by atoms with E-state index in [0.29, 0.717) is 0 Å². The summed E-state index contributed by atoms with van der Waals surface area (Å²) in [7, 11) is 1.80. The molecule has 0 amide bonds. The van der Waals surface area contributed by atoms with Gasteiger partial charge in [0.25, 0.3) is 0 Å². The van der Waals surface area contributed by atoms with Crippen molar-refractivity contribution in [3.05, 3.63) is 34.0 Å². The Morgan fingerprint density at radius 1 is 1.50 bits per heavy atom. The number of thiazole rings is 1. The van der Waals surface area contributed by atoms with Gasteiger partial charge in [0.15, 0.2) is 5.78 Å². The number of hydrogen-bond acceptors (Lipinski definition) is 5. The summed E-state index contributed by atoms with van der Waals surface area (Å²) >= 11 is 1.51. The molecule has 0 saturated carbocycles. The Morgan fingerprint density at radius 3 is 2.70 bits per heavy atom. The normalized spacial score (nSPS) is 13.4. The number of nitrogens with zero attached hydrogens (tertiary/aromatic N) is 3. The lowest BCUT2D eigenvalue weighted by Gasteiger charge is -2.14. The summed E-state index contributed by atoms with van der Waals surface area (Å²) in [4.78, 5) is 16.7. The molecule has 0 fully saturated rings. The van der Waals surface area contributed by atoms with Gasteiger partial charge in [0, 0.05) is 29.6 Å². The van der Waals surface area contributed by atoms with Crippen molar-refractivity contribution in [3.8, 4) is 0 Å². The van der Waals surface area contributed by atoms with Crippen molar-refractivity contribution >= 4 is 17.1 Å². The number of ketones is 1. The van der Waals surface area contributed by atoms with Gasteiger partial charge < -0.3 is 5.73 Å². The van der Waals surface area contributed by atoms with Crippen LogP contribution in [0.25, 0.3) is 0 Å². The van der Waals surface area contributed by atoms with E-state index in [2.05, 4.69) is 30.9 Å². The van der Waals surface area contributed by atoms with Crippen LogP contribution in [0.5, 0.6) is 0 Å². The van der Waals surface area contributed by atoms with Crippen LogP contribution in [0.3, 0.4) is 0 Å². The van der Waals surface area contributed by atoms with Crippen LogP contribution in [0, 0.1) is 0 Å². The van der Waals surface area contributed by atoms with Gasteiger partial charge in [0.05, 0.1) is 24.4 Å². The SMILES string of the molecule is Cn1cc(C(N)C(=O)Cc2nc(C(C)(C)C)cs2)cn1. The van der Waals surface area contributed by atoms with Crippen molar-refractivity contribution in [2.45, 2.75) is 38.6 Å². The predicted octanol–water partition coefficient (Wildman–Crippen LogP) is 1.99. The molecule has 0 aromatic carbocycles. The zero-order valence-corrected chi connectivity index (χ0v) is 13.1. The van der Waals surface area contributed by atoms with E-state index in [1.54, 1.807) is 24.1 Å². The highest BCUT2D eigenvalue weighted by Crippen LogP contribution is 2.24. The Labute approximate surface area is 122 Å².